The molecular formula is C28H33N3O4. The normalized spacial score (nSPS) is 15.1. The van der Waals surface area contributed by atoms with Crippen LogP contribution in [0.25, 0.3) is 0 Å². The first-order valence-electron chi connectivity index (χ1n) is 12.2. The number of carbonyl (C=O) groups excluding carboxylic acids is 2. The lowest BCUT2D eigenvalue weighted by atomic mass is 10.1. The lowest BCUT2D eigenvalue weighted by molar-refractivity contribution is -0.133. The predicted octanol–water partition coefficient (Wildman–Crippen LogP) is 5.08. The van der Waals surface area contributed by atoms with E-state index < -0.39 is 0 Å². The van der Waals surface area contributed by atoms with Crippen LogP contribution in [0.15, 0.2) is 77.4 Å². The van der Waals surface area contributed by atoms with Gasteiger partial charge in [0.1, 0.15) is 12.3 Å². The van der Waals surface area contributed by atoms with E-state index in [9.17, 15) is 9.59 Å². The van der Waals surface area contributed by atoms with Gasteiger partial charge in [-0.3, -0.25) is 4.79 Å². The molecule has 35 heavy (non-hydrogen) atoms. The maximum atomic E-state index is 13.5. The average molecular weight is 476 g/mol. The van der Waals surface area contributed by atoms with Crippen molar-refractivity contribution in [3.8, 4) is 0 Å². The van der Waals surface area contributed by atoms with E-state index in [1.54, 1.807) is 16.1 Å². The van der Waals surface area contributed by atoms with Crippen LogP contribution in [0, 0.1) is 0 Å². The molecular weight excluding hydrogens is 442 g/mol. The van der Waals surface area contributed by atoms with E-state index in [2.05, 4.69) is 12.2 Å². The number of hydrogen-bond donors (Lipinski definition) is 1. The highest BCUT2D eigenvalue weighted by molar-refractivity contribution is 5.92. The number of ether oxygens (including phenoxy) is 1. The SMILES string of the molecule is CCc1cccc(NC(=O)N(CC(=O)N(Cc2ccccc2)Cc2ccco2)CC2CCCO2)c1. The molecule has 1 aromatic heterocycles. The number of anilines is 1. The summed E-state index contributed by atoms with van der Waals surface area (Å²) in [6.45, 7) is 3.83. The van der Waals surface area contributed by atoms with Crippen molar-refractivity contribution < 1.29 is 18.7 Å². The van der Waals surface area contributed by atoms with Gasteiger partial charge in [0.15, 0.2) is 0 Å². The lowest BCUT2D eigenvalue weighted by Gasteiger charge is -2.29. The molecule has 7 heteroatoms. The van der Waals surface area contributed by atoms with Crippen molar-refractivity contribution in [2.75, 3.05) is 25.0 Å². The number of amides is 3. The van der Waals surface area contributed by atoms with Gasteiger partial charge < -0.3 is 24.3 Å². The summed E-state index contributed by atoms with van der Waals surface area (Å²) in [4.78, 5) is 30.1. The van der Waals surface area contributed by atoms with Gasteiger partial charge in [-0.2, -0.15) is 0 Å². The Kier molecular flexibility index (Phi) is 8.57. The number of hydrogen-bond acceptors (Lipinski definition) is 4. The monoisotopic (exact) mass is 475 g/mol. The summed E-state index contributed by atoms with van der Waals surface area (Å²) in [6.07, 6.45) is 4.25. The summed E-state index contributed by atoms with van der Waals surface area (Å²) in [5.41, 5.74) is 2.87. The first kappa shape index (κ1) is 24.5. The maximum Gasteiger partial charge on any atom is 0.322 e. The van der Waals surface area contributed by atoms with Crippen LogP contribution in [0.1, 0.15) is 36.7 Å². The zero-order valence-corrected chi connectivity index (χ0v) is 20.2. The van der Waals surface area contributed by atoms with Crippen LogP contribution in [-0.2, 0) is 29.0 Å². The van der Waals surface area contributed by atoms with Gasteiger partial charge in [-0.25, -0.2) is 4.79 Å². The number of urea groups is 1. The minimum absolute atomic E-state index is 0.0489. The Bertz CT molecular complexity index is 1080. The van der Waals surface area contributed by atoms with E-state index in [4.69, 9.17) is 9.15 Å². The Morgan fingerprint density at radius 3 is 2.51 bits per heavy atom. The Morgan fingerprint density at radius 2 is 1.80 bits per heavy atom. The molecule has 1 saturated heterocycles. The van der Waals surface area contributed by atoms with Gasteiger partial charge in [-0.05, 0) is 54.7 Å². The molecule has 1 aliphatic heterocycles. The van der Waals surface area contributed by atoms with Crippen LogP contribution in [0.4, 0.5) is 10.5 Å². The Morgan fingerprint density at radius 1 is 0.971 bits per heavy atom. The van der Waals surface area contributed by atoms with E-state index >= 15 is 0 Å². The minimum atomic E-state index is -0.306. The summed E-state index contributed by atoms with van der Waals surface area (Å²) in [5, 5.41) is 2.97. The number of furan rings is 1. The van der Waals surface area contributed by atoms with Gasteiger partial charge in [0.2, 0.25) is 5.91 Å². The molecule has 1 fully saturated rings. The molecule has 3 amide bonds. The first-order chi connectivity index (χ1) is 17.1. The summed E-state index contributed by atoms with van der Waals surface area (Å²) < 4.78 is 11.3. The van der Waals surface area contributed by atoms with Crippen LogP contribution >= 0.6 is 0 Å². The third kappa shape index (κ3) is 7.20. The second-order valence-electron chi connectivity index (χ2n) is 8.81. The number of benzene rings is 2. The van der Waals surface area contributed by atoms with E-state index in [0.717, 1.165) is 36.1 Å². The van der Waals surface area contributed by atoms with E-state index in [-0.39, 0.29) is 24.6 Å². The van der Waals surface area contributed by atoms with Crippen LogP contribution in [0.5, 0.6) is 0 Å². The third-order valence-electron chi connectivity index (χ3n) is 6.14. The molecule has 1 unspecified atom stereocenters. The standard InChI is InChI=1S/C28H33N3O4/c1-2-22-11-6-12-24(17-22)29-28(33)31(20-26-14-8-16-35-26)21-27(32)30(19-25-13-7-15-34-25)18-23-9-4-3-5-10-23/h3-7,9-13,15,17,26H,2,8,14,16,18-21H2,1H3,(H,29,33). The topological polar surface area (TPSA) is 75.0 Å². The van der Waals surface area contributed by atoms with Crippen molar-refractivity contribution in [3.05, 3.63) is 89.9 Å². The van der Waals surface area contributed by atoms with Gasteiger partial charge in [-0.1, -0.05) is 49.4 Å². The number of nitrogens with zero attached hydrogens (tertiary/aromatic N) is 2. The van der Waals surface area contributed by atoms with Gasteiger partial charge >= 0.3 is 6.03 Å². The third-order valence-corrected chi connectivity index (χ3v) is 6.14. The van der Waals surface area contributed by atoms with Crippen LogP contribution in [0.2, 0.25) is 0 Å². The molecule has 0 saturated carbocycles. The molecule has 1 N–H and O–H groups in total. The van der Waals surface area contributed by atoms with Crippen molar-refractivity contribution in [2.45, 2.75) is 45.4 Å². The molecule has 3 aromatic rings. The lowest BCUT2D eigenvalue weighted by Crippen LogP contribution is -2.46. The number of rotatable bonds is 10. The van der Waals surface area contributed by atoms with Crippen LogP contribution in [0.3, 0.4) is 0 Å². The highest BCUT2D eigenvalue weighted by atomic mass is 16.5. The van der Waals surface area contributed by atoms with Crippen molar-refractivity contribution in [3.63, 3.8) is 0 Å². The summed E-state index contributed by atoms with van der Waals surface area (Å²) in [6, 6.07) is 21.0. The number of nitrogens with one attached hydrogen (secondary N) is 1. The Hall–Kier alpha value is -3.58. The zero-order valence-electron chi connectivity index (χ0n) is 20.2. The second kappa shape index (κ2) is 12.2. The molecule has 2 heterocycles. The second-order valence-corrected chi connectivity index (χ2v) is 8.81. The molecule has 4 rings (SSSR count). The van der Waals surface area contributed by atoms with Crippen molar-refractivity contribution in [2.24, 2.45) is 0 Å². The molecule has 7 nitrogen and oxygen atoms in total. The van der Waals surface area contributed by atoms with Crippen molar-refractivity contribution in [1.82, 2.24) is 9.80 Å². The highest BCUT2D eigenvalue weighted by Crippen LogP contribution is 2.17. The van der Waals surface area contributed by atoms with E-state index in [1.807, 2.05) is 66.7 Å². The summed E-state index contributed by atoms with van der Waals surface area (Å²) in [7, 11) is 0. The van der Waals surface area contributed by atoms with Crippen molar-refractivity contribution in [1.29, 1.82) is 0 Å². The van der Waals surface area contributed by atoms with Gasteiger partial charge in [-0.15, -0.1) is 0 Å². The first-order valence-corrected chi connectivity index (χ1v) is 12.2. The van der Waals surface area contributed by atoms with Crippen LogP contribution < -0.4 is 5.32 Å². The fraction of sp³-hybridized carbons (Fsp3) is 0.357. The fourth-order valence-electron chi connectivity index (χ4n) is 4.21. The molecule has 0 radical (unpaired) electrons. The minimum Gasteiger partial charge on any atom is -0.467 e. The summed E-state index contributed by atoms with van der Waals surface area (Å²) in [5.74, 6) is 0.543. The largest absolute Gasteiger partial charge is 0.467 e. The highest BCUT2D eigenvalue weighted by Gasteiger charge is 2.27. The van der Waals surface area contributed by atoms with Crippen molar-refractivity contribution >= 4 is 17.6 Å². The predicted molar refractivity (Wildman–Crippen MR) is 135 cm³/mol. The van der Waals surface area contributed by atoms with Crippen LogP contribution in [-0.4, -0.2) is 47.5 Å². The molecule has 184 valence electrons. The maximum absolute atomic E-state index is 13.5. The Balaban J connectivity index is 1.50. The molecule has 0 aliphatic carbocycles. The van der Waals surface area contributed by atoms with Gasteiger partial charge in [0.05, 0.1) is 18.9 Å². The van der Waals surface area contributed by atoms with E-state index in [1.165, 1.54) is 0 Å². The summed E-state index contributed by atoms with van der Waals surface area (Å²) >= 11 is 0. The molecule has 1 atom stereocenters. The zero-order chi connectivity index (χ0) is 24.5. The smallest absolute Gasteiger partial charge is 0.322 e. The number of aryl methyl sites for hydroxylation is 1. The fourth-order valence-corrected chi connectivity index (χ4v) is 4.21. The molecule has 1 aliphatic rings. The molecule has 0 spiro atoms. The quantitative estimate of drug-likeness (QED) is 0.444. The van der Waals surface area contributed by atoms with Gasteiger partial charge in [0.25, 0.3) is 0 Å². The average Bonchev–Trinajstić information content (AvgIpc) is 3.58. The Labute approximate surface area is 206 Å². The number of carbonyl (C=O) groups is 2. The molecule has 2 aromatic carbocycles. The van der Waals surface area contributed by atoms with E-state index in [0.29, 0.717) is 32.0 Å². The molecule has 0 bridgehead atoms. The van der Waals surface area contributed by atoms with Gasteiger partial charge in [0, 0.05) is 25.4 Å².